The van der Waals surface area contributed by atoms with Crippen LogP contribution in [0.25, 0.3) is 0 Å². The molecular formula is C12H20N2O. The van der Waals surface area contributed by atoms with Crippen molar-refractivity contribution in [2.24, 2.45) is 0 Å². The van der Waals surface area contributed by atoms with E-state index in [9.17, 15) is 4.79 Å². The van der Waals surface area contributed by atoms with Crippen LogP contribution in [0.2, 0.25) is 0 Å². The first kappa shape index (κ1) is 11.8. The van der Waals surface area contributed by atoms with Crippen molar-refractivity contribution >= 4 is 5.69 Å². The van der Waals surface area contributed by atoms with Crippen LogP contribution in [-0.4, -0.2) is 4.57 Å². The molecule has 3 nitrogen and oxygen atoms in total. The molecule has 0 atom stereocenters. The monoisotopic (exact) mass is 208 g/mol. The average molecular weight is 208 g/mol. The summed E-state index contributed by atoms with van der Waals surface area (Å²) in [6, 6.07) is 3.66. The van der Waals surface area contributed by atoms with E-state index in [1.54, 1.807) is 6.07 Å². The molecule has 1 rings (SSSR count). The second-order valence-electron chi connectivity index (χ2n) is 4.18. The van der Waals surface area contributed by atoms with Gasteiger partial charge in [-0.05, 0) is 24.5 Å². The fraction of sp³-hybridized carbons (Fsp3) is 0.583. The van der Waals surface area contributed by atoms with Crippen LogP contribution in [0.5, 0.6) is 0 Å². The molecule has 3 heteroatoms. The fourth-order valence-electron chi connectivity index (χ4n) is 1.66. The van der Waals surface area contributed by atoms with Crippen LogP contribution in [0.1, 0.15) is 45.2 Å². The summed E-state index contributed by atoms with van der Waals surface area (Å²) in [5, 5.41) is 0. The lowest BCUT2D eigenvalue weighted by Gasteiger charge is -2.15. The number of rotatable bonds is 4. The first-order valence-corrected chi connectivity index (χ1v) is 5.57. The highest BCUT2D eigenvalue weighted by Crippen LogP contribution is 2.14. The molecule has 0 aromatic carbocycles. The molecule has 0 aliphatic carbocycles. The number of unbranched alkanes of at least 4 members (excludes halogenated alkanes) is 1. The minimum Gasteiger partial charge on any atom is -0.394 e. The normalized spacial score (nSPS) is 10.9. The highest BCUT2D eigenvalue weighted by Gasteiger charge is 2.08. The summed E-state index contributed by atoms with van der Waals surface area (Å²) < 4.78 is 1.81. The lowest BCUT2D eigenvalue weighted by atomic mass is 10.1. The number of pyridine rings is 1. The van der Waals surface area contributed by atoms with Gasteiger partial charge in [-0.1, -0.05) is 27.2 Å². The molecule has 0 unspecified atom stereocenters. The Bertz CT molecular complexity index is 380. The van der Waals surface area contributed by atoms with E-state index < -0.39 is 0 Å². The molecule has 0 aliphatic rings. The summed E-state index contributed by atoms with van der Waals surface area (Å²) in [5.74, 6) is 0.357. The van der Waals surface area contributed by atoms with Gasteiger partial charge in [0.2, 0.25) is 0 Å². The second-order valence-corrected chi connectivity index (χ2v) is 4.18. The Morgan fingerprint density at radius 3 is 2.60 bits per heavy atom. The molecule has 1 heterocycles. The number of nitrogens with two attached hydrogens (primary N) is 1. The highest BCUT2D eigenvalue weighted by atomic mass is 16.1. The van der Waals surface area contributed by atoms with Gasteiger partial charge in [0.1, 0.15) is 0 Å². The maximum absolute atomic E-state index is 11.8. The van der Waals surface area contributed by atoms with E-state index in [0.717, 1.165) is 25.1 Å². The Hall–Kier alpha value is -1.25. The molecule has 0 saturated carbocycles. The first-order valence-electron chi connectivity index (χ1n) is 5.57. The lowest BCUT2D eigenvalue weighted by Crippen LogP contribution is -2.26. The summed E-state index contributed by atoms with van der Waals surface area (Å²) in [5.41, 5.74) is 7.00. The largest absolute Gasteiger partial charge is 0.394 e. The van der Waals surface area contributed by atoms with Gasteiger partial charge in [0.15, 0.2) is 0 Å². The Labute approximate surface area is 90.9 Å². The first-order chi connectivity index (χ1) is 7.07. The van der Waals surface area contributed by atoms with E-state index in [2.05, 4.69) is 20.8 Å². The molecule has 0 spiro atoms. The minimum atomic E-state index is -0.0466. The summed E-state index contributed by atoms with van der Waals surface area (Å²) in [6.07, 6.45) is 2.10. The van der Waals surface area contributed by atoms with Gasteiger partial charge in [0, 0.05) is 12.2 Å². The Kier molecular flexibility index (Phi) is 3.95. The average Bonchev–Trinajstić information content (AvgIpc) is 2.19. The zero-order chi connectivity index (χ0) is 11.4. The standard InChI is InChI=1S/C12H20N2O/c1-4-5-8-14-11(9(2)3)7-6-10(13)12(14)15/h6-7,9H,4-5,8,13H2,1-3H3. The molecule has 0 amide bonds. The summed E-state index contributed by atoms with van der Waals surface area (Å²) in [4.78, 5) is 11.8. The quantitative estimate of drug-likeness (QED) is 0.825. The second kappa shape index (κ2) is 5.01. The number of aromatic nitrogens is 1. The van der Waals surface area contributed by atoms with Gasteiger partial charge < -0.3 is 10.3 Å². The van der Waals surface area contributed by atoms with Crippen molar-refractivity contribution in [3.8, 4) is 0 Å². The molecule has 0 saturated heterocycles. The zero-order valence-electron chi connectivity index (χ0n) is 9.79. The molecule has 2 N–H and O–H groups in total. The molecule has 0 fully saturated rings. The van der Waals surface area contributed by atoms with Gasteiger partial charge >= 0.3 is 0 Å². The molecule has 1 aromatic heterocycles. The summed E-state index contributed by atoms with van der Waals surface area (Å²) >= 11 is 0. The third-order valence-electron chi connectivity index (χ3n) is 2.56. The Morgan fingerprint density at radius 2 is 2.07 bits per heavy atom. The van der Waals surface area contributed by atoms with Gasteiger partial charge in [-0.25, -0.2) is 0 Å². The van der Waals surface area contributed by atoms with Gasteiger partial charge in [0.05, 0.1) is 5.69 Å². The van der Waals surface area contributed by atoms with Crippen molar-refractivity contribution in [1.82, 2.24) is 4.57 Å². The maximum atomic E-state index is 11.8. The topological polar surface area (TPSA) is 48.0 Å². The fourth-order valence-corrected chi connectivity index (χ4v) is 1.66. The van der Waals surface area contributed by atoms with Crippen LogP contribution in [0.15, 0.2) is 16.9 Å². The van der Waals surface area contributed by atoms with Crippen LogP contribution in [0.3, 0.4) is 0 Å². The molecule has 15 heavy (non-hydrogen) atoms. The predicted octanol–water partition coefficient (Wildman–Crippen LogP) is 2.35. The van der Waals surface area contributed by atoms with Crippen molar-refractivity contribution in [2.75, 3.05) is 5.73 Å². The van der Waals surface area contributed by atoms with Crippen molar-refractivity contribution in [3.05, 3.63) is 28.2 Å². The van der Waals surface area contributed by atoms with E-state index in [4.69, 9.17) is 5.73 Å². The van der Waals surface area contributed by atoms with E-state index in [1.807, 2.05) is 10.6 Å². The smallest absolute Gasteiger partial charge is 0.273 e. The van der Waals surface area contributed by atoms with Crippen LogP contribution in [-0.2, 0) is 6.54 Å². The number of hydrogen-bond acceptors (Lipinski definition) is 2. The third-order valence-corrected chi connectivity index (χ3v) is 2.56. The van der Waals surface area contributed by atoms with Gasteiger partial charge in [-0.15, -0.1) is 0 Å². The van der Waals surface area contributed by atoms with Crippen LogP contribution < -0.4 is 11.3 Å². The predicted molar refractivity (Wildman–Crippen MR) is 64.1 cm³/mol. The van der Waals surface area contributed by atoms with E-state index in [-0.39, 0.29) is 5.56 Å². The molecule has 0 aliphatic heterocycles. The lowest BCUT2D eigenvalue weighted by molar-refractivity contribution is 0.571. The number of nitrogen functional groups attached to an aromatic ring is 1. The van der Waals surface area contributed by atoms with Gasteiger partial charge in [-0.2, -0.15) is 0 Å². The number of hydrogen-bond donors (Lipinski definition) is 1. The van der Waals surface area contributed by atoms with Crippen LogP contribution in [0, 0.1) is 0 Å². The zero-order valence-corrected chi connectivity index (χ0v) is 9.79. The maximum Gasteiger partial charge on any atom is 0.273 e. The summed E-state index contributed by atoms with van der Waals surface area (Å²) in [7, 11) is 0. The van der Waals surface area contributed by atoms with E-state index in [0.29, 0.717) is 11.6 Å². The molecule has 0 radical (unpaired) electrons. The molecular weight excluding hydrogens is 188 g/mol. The molecule has 1 aromatic rings. The minimum absolute atomic E-state index is 0.0466. The van der Waals surface area contributed by atoms with E-state index in [1.165, 1.54) is 0 Å². The number of anilines is 1. The van der Waals surface area contributed by atoms with Crippen LogP contribution >= 0.6 is 0 Å². The molecule has 0 bridgehead atoms. The van der Waals surface area contributed by atoms with Crippen molar-refractivity contribution in [2.45, 2.75) is 46.1 Å². The highest BCUT2D eigenvalue weighted by molar-refractivity contribution is 5.36. The van der Waals surface area contributed by atoms with Crippen molar-refractivity contribution in [1.29, 1.82) is 0 Å². The Balaban J connectivity index is 3.16. The van der Waals surface area contributed by atoms with Gasteiger partial charge in [-0.3, -0.25) is 4.79 Å². The van der Waals surface area contributed by atoms with Crippen molar-refractivity contribution < 1.29 is 0 Å². The Morgan fingerprint density at radius 1 is 1.40 bits per heavy atom. The van der Waals surface area contributed by atoms with Crippen molar-refractivity contribution in [3.63, 3.8) is 0 Å². The van der Waals surface area contributed by atoms with E-state index >= 15 is 0 Å². The molecule has 84 valence electrons. The number of nitrogens with zero attached hydrogens (tertiary/aromatic N) is 1. The van der Waals surface area contributed by atoms with Crippen LogP contribution in [0.4, 0.5) is 5.69 Å². The third kappa shape index (κ3) is 2.61. The summed E-state index contributed by atoms with van der Waals surface area (Å²) in [6.45, 7) is 7.07. The SMILES string of the molecule is CCCCn1c(C(C)C)ccc(N)c1=O. The van der Waals surface area contributed by atoms with Gasteiger partial charge in [0.25, 0.3) is 5.56 Å².